The van der Waals surface area contributed by atoms with Gasteiger partial charge in [0.15, 0.2) is 6.79 Å². The number of aliphatic hydroxyl groups is 1. The molecular weight excluding hydrogens is 166 g/mol. The third kappa shape index (κ3) is 2.44. The molecule has 0 aliphatic heterocycles. The summed E-state index contributed by atoms with van der Waals surface area (Å²) < 4.78 is 4.95. The fraction of sp³-hybridized carbons (Fsp3) is 0.400. The van der Waals surface area contributed by atoms with Gasteiger partial charge in [0.2, 0.25) is 0 Å². The summed E-state index contributed by atoms with van der Waals surface area (Å²) in [6.07, 6.45) is 0.964. The lowest BCUT2D eigenvalue weighted by Crippen LogP contribution is -2.02. The molecule has 1 aromatic carbocycles. The van der Waals surface area contributed by atoms with Gasteiger partial charge in [0.1, 0.15) is 5.75 Å². The van der Waals surface area contributed by atoms with Gasteiger partial charge < -0.3 is 15.6 Å². The second-order valence-electron chi connectivity index (χ2n) is 2.76. The number of aliphatic hydroxyl groups excluding tert-OH is 1. The van der Waals surface area contributed by atoms with Crippen molar-refractivity contribution < 1.29 is 9.84 Å². The van der Waals surface area contributed by atoms with Gasteiger partial charge in [0.25, 0.3) is 0 Å². The first-order valence-electron chi connectivity index (χ1n) is 4.37. The van der Waals surface area contributed by atoms with Crippen LogP contribution in [0.3, 0.4) is 0 Å². The van der Waals surface area contributed by atoms with E-state index in [2.05, 4.69) is 6.92 Å². The summed E-state index contributed by atoms with van der Waals surface area (Å²) in [6.45, 7) is 2.29. The Morgan fingerprint density at radius 2 is 2.15 bits per heavy atom. The lowest BCUT2D eigenvalue weighted by molar-refractivity contribution is 0.0984. The van der Waals surface area contributed by atoms with E-state index in [0.29, 0.717) is 12.3 Å². The van der Waals surface area contributed by atoms with E-state index in [1.54, 1.807) is 0 Å². The first kappa shape index (κ1) is 10.0. The minimum Gasteiger partial charge on any atom is -0.468 e. The zero-order valence-corrected chi connectivity index (χ0v) is 7.79. The third-order valence-corrected chi connectivity index (χ3v) is 2.01. The number of ether oxygens (including phenoxy) is 1. The smallest absolute Gasteiger partial charge is 0.186 e. The van der Waals surface area contributed by atoms with E-state index < -0.39 is 0 Å². The summed E-state index contributed by atoms with van der Waals surface area (Å²) in [7, 11) is 0. The van der Waals surface area contributed by atoms with E-state index in [-0.39, 0.29) is 6.79 Å². The maximum absolute atomic E-state index is 8.56. The average Bonchev–Trinajstić information content (AvgIpc) is 2.18. The van der Waals surface area contributed by atoms with E-state index in [0.717, 1.165) is 12.0 Å². The Morgan fingerprint density at radius 3 is 2.69 bits per heavy atom. The van der Waals surface area contributed by atoms with Crippen LogP contribution in [0.5, 0.6) is 5.75 Å². The third-order valence-electron chi connectivity index (χ3n) is 2.01. The van der Waals surface area contributed by atoms with Gasteiger partial charge in [-0.3, -0.25) is 0 Å². The van der Waals surface area contributed by atoms with Crippen LogP contribution in [0, 0.1) is 0 Å². The number of benzene rings is 1. The monoisotopic (exact) mass is 181 g/mol. The van der Waals surface area contributed by atoms with Crippen molar-refractivity contribution in [1.29, 1.82) is 0 Å². The molecule has 1 aromatic rings. The first-order chi connectivity index (χ1) is 6.31. The molecule has 72 valence electrons. The summed E-state index contributed by atoms with van der Waals surface area (Å²) in [5.41, 5.74) is 7.88. The van der Waals surface area contributed by atoms with Crippen LogP contribution in [0.1, 0.15) is 18.1 Å². The van der Waals surface area contributed by atoms with Crippen molar-refractivity contribution in [3.05, 3.63) is 29.3 Å². The van der Waals surface area contributed by atoms with Gasteiger partial charge in [-0.05, 0) is 29.7 Å². The lowest BCUT2D eigenvalue weighted by Gasteiger charge is -2.08. The Labute approximate surface area is 78.1 Å². The van der Waals surface area contributed by atoms with Crippen LogP contribution in [0.25, 0.3) is 0 Å². The predicted molar refractivity (Wildman–Crippen MR) is 51.4 cm³/mol. The number of nitrogens with two attached hydrogens (primary N) is 1. The molecule has 0 aliphatic rings. The van der Waals surface area contributed by atoms with Gasteiger partial charge in [-0.1, -0.05) is 13.0 Å². The second kappa shape index (κ2) is 4.84. The Hall–Kier alpha value is -1.06. The zero-order chi connectivity index (χ0) is 9.68. The molecule has 0 saturated carbocycles. The Bertz CT molecular complexity index is 274. The number of hydrogen-bond donors (Lipinski definition) is 2. The van der Waals surface area contributed by atoms with Crippen molar-refractivity contribution in [2.24, 2.45) is 5.73 Å². The second-order valence-corrected chi connectivity index (χ2v) is 2.76. The molecule has 0 heterocycles. The molecule has 0 fully saturated rings. The highest BCUT2D eigenvalue weighted by atomic mass is 16.6. The summed E-state index contributed by atoms with van der Waals surface area (Å²) in [5, 5.41) is 8.56. The SMILES string of the molecule is CCc1ccc(OCO)cc1CN. The molecule has 3 N–H and O–H groups in total. The van der Waals surface area contributed by atoms with E-state index in [1.165, 1.54) is 5.56 Å². The van der Waals surface area contributed by atoms with Crippen molar-refractivity contribution in [2.45, 2.75) is 19.9 Å². The van der Waals surface area contributed by atoms with E-state index in [1.807, 2.05) is 18.2 Å². The summed E-state index contributed by atoms with van der Waals surface area (Å²) in [6, 6.07) is 5.69. The maximum Gasteiger partial charge on any atom is 0.186 e. The van der Waals surface area contributed by atoms with Crippen LogP contribution in [0.4, 0.5) is 0 Å². The van der Waals surface area contributed by atoms with E-state index >= 15 is 0 Å². The van der Waals surface area contributed by atoms with Crippen LogP contribution >= 0.6 is 0 Å². The molecule has 0 aliphatic carbocycles. The number of rotatable bonds is 4. The molecule has 0 radical (unpaired) electrons. The number of hydrogen-bond acceptors (Lipinski definition) is 3. The van der Waals surface area contributed by atoms with Crippen molar-refractivity contribution in [3.8, 4) is 5.75 Å². The van der Waals surface area contributed by atoms with Crippen LogP contribution in [-0.4, -0.2) is 11.9 Å². The Balaban J connectivity index is 2.91. The predicted octanol–water partition coefficient (Wildman–Crippen LogP) is 1.04. The van der Waals surface area contributed by atoms with E-state index in [9.17, 15) is 0 Å². The first-order valence-corrected chi connectivity index (χ1v) is 4.37. The average molecular weight is 181 g/mol. The van der Waals surface area contributed by atoms with Crippen molar-refractivity contribution in [3.63, 3.8) is 0 Å². The molecule has 3 heteroatoms. The van der Waals surface area contributed by atoms with Crippen LogP contribution in [0.2, 0.25) is 0 Å². The molecule has 0 unspecified atom stereocenters. The normalized spacial score (nSPS) is 10.1. The van der Waals surface area contributed by atoms with E-state index in [4.69, 9.17) is 15.6 Å². The summed E-state index contributed by atoms with van der Waals surface area (Å²) in [5.74, 6) is 0.667. The molecule has 13 heavy (non-hydrogen) atoms. The lowest BCUT2D eigenvalue weighted by atomic mass is 10.1. The summed E-state index contributed by atoms with van der Waals surface area (Å²) >= 11 is 0. The standard InChI is InChI=1S/C10H15NO2/c1-2-8-3-4-10(13-7-12)5-9(8)6-11/h3-5,12H,2,6-7,11H2,1H3. The minimum absolute atomic E-state index is 0.296. The molecule has 0 amide bonds. The molecule has 0 bridgehead atoms. The molecule has 0 atom stereocenters. The maximum atomic E-state index is 8.56. The Morgan fingerprint density at radius 1 is 1.38 bits per heavy atom. The zero-order valence-electron chi connectivity index (χ0n) is 7.79. The molecule has 1 rings (SSSR count). The van der Waals surface area contributed by atoms with Gasteiger partial charge in [-0.25, -0.2) is 0 Å². The fourth-order valence-electron chi connectivity index (χ4n) is 1.30. The van der Waals surface area contributed by atoms with Crippen molar-refractivity contribution in [2.75, 3.05) is 6.79 Å². The quantitative estimate of drug-likeness (QED) is 0.682. The van der Waals surface area contributed by atoms with Crippen LogP contribution < -0.4 is 10.5 Å². The number of aryl methyl sites for hydroxylation is 1. The van der Waals surface area contributed by atoms with Gasteiger partial charge in [-0.15, -0.1) is 0 Å². The van der Waals surface area contributed by atoms with Crippen LogP contribution in [-0.2, 0) is 13.0 Å². The van der Waals surface area contributed by atoms with Gasteiger partial charge in [0, 0.05) is 6.54 Å². The molecule has 0 spiro atoms. The molecule has 3 nitrogen and oxygen atoms in total. The Kier molecular flexibility index (Phi) is 3.73. The molecular formula is C10H15NO2. The molecule has 0 saturated heterocycles. The van der Waals surface area contributed by atoms with Crippen LogP contribution in [0.15, 0.2) is 18.2 Å². The van der Waals surface area contributed by atoms with Gasteiger partial charge in [-0.2, -0.15) is 0 Å². The summed E-state index contributed by atoms with van der Waals surface area (Å²) in [4.78, 5) is 0. The molecule has 0 aromatic heterocycles. The highest BCUT2D eigenvalue weighted by Crippen LogP contribution is 2.17. The highest BCUT2D eigenvalue weighted by Gasteiger charge is 2.00. The van der Waals surface area contributed by atoms with Gasteiger partial charge in [0.05, 0.1) is 0 Å². The van der Waals surface area contributed by atoms with Crippen molar-refractivity contribution >= 4 is 0 Å². The van der Waals surface area contributed by atoms with Gasteiger partial charge >= 0.3 is 0 Å². The highest BCUT2D eigenvalue weighted by molar-refractivity contribution is 5.35. The minimum atomic E-state index is -0.296. The largest absolute Gasteiger partial charge is 0.468 e. The van der Waals surface area contributed by atoms with Crippen molar-refractivity contribution in [1.82, 2.24) is 0 Å². The fourth-order valence-corrected chi connectivity index (χ4v) is 1.30. The topological polar surface area (TPSA) is 55.5 Å².